The summed E-state index contributed by atoms with van der Waals surface area (Å²) in [6.07, 6.45) is 7.81. The van der Waals surface area contributed by atoms with Crippen molar-refractivity contribution >= 4 is 5.91 Å². The zero-order valence-corrected chi connectivity index (χ0v) is 5.89. The van der Waals surface area contributed by atoms with Crippen LogP contribution in [0.5, 0.6) is 0 Å². The van der Waals surface area contributed by atoms with Gasteiger partial charge in [0.15, 0.2) is 0 Å². The average molecular weight is 137 g/mol. The van der Waals surface area contributed by atoms with Crippen LogP contribution in [0.3, 0.4) is 0 Å². The second-order valence-electron chi connectivity index (χ2n) is 1.81. The van der Waals surface area contributed by atoms with Crippen LogP contribution >= 0.6 is 0 Å². The third-order valence-electron chi connectivity index (χ3n) is 0.963. The summed E-state index contributed by atoms with van der Waals surface area (Å²) in [5.74, 6) is 2.30. The first kappa shape index (κ1) is 8.77. The van der Waals surface area contributed by atoms with E-state index in [0.29, 0.717) is 19.4 Å². The van der Waals surface area contributed by atoms with Gasteiger partial charge in [-0.3, -0.25) is 4.79 Å². The number of hydrogen-bond donors (Lipinski definition) is 1. The largest absolute Gasteiger partial charge is 0.345 e. The van der Waals surface area contributed by atoms with E-state index in [1.54, 1.807) is 6.08 Å². The van der Waals surface area contributed by atoms with Gasteiger partial charge in [-0.1, -0.05) is 12.0 Å². The second-order valence-corrected chi connectivity index (χ2v) is 1.81. The zero-order valence-electron chi connectivity index (χ0n) is 5.89. The molecule has 0 spiro atoms. The molecule has 0 aliphatic carbocycles. The summed E-state index contributed by atoms with van der Waals surface area (Å²) in [4.78, 5) is 10.7. The van der Waals surface area contributed by atoms with Crippen molar-refractivity contribution in [3.63, 3.8) is 0 Å². The molecular weight excluding hydrogens is 126 g/mol. The number of rotatable bonds is 4. The van der Waals surface area contributed by atoms with E-state index in [-0.39, 0.29) is 5.91 Å². The molecule has 0 unspecified atom stereocenters. The number of nitrogens with one attached hydrogen (secondary N) is 1. The van der Waals surface area contributed by atoms with E-state index in [0.717, 1.165) is 0 Å². The Hall–Kier alpha value is -1.23. The van der Waals surface area contributed by atoms with Crippen LogP contribution in [0.1, 0.15) is 12.8 Å². The predicted molar refractivity (Wildman–Crippen MR) is 41.3 cm³/mol. The number of hydrogen-bond acceptors (Lipinski definition) is 1. The van der Waals surface area contributed by atoms with Crippen molar-refractivity contribution in [1.29, 1.82) is 0 Å². The molecule has 0 saturated carbocycles. The number of allylic oxidation sites excluding steroid dienone is 1. The maximum atomic E-state index is 10.7. The molecule has 0 heterocycles. The fraction of sp³-hybridized carbons (Fsp3) is 0.375. The number of terminal acetylenes is 1. The van der Waals surface area contributed by atoms with Gasteiger partial charge in [0.05, 0.1) is 6.54 Å². The van der Waals surface area contributed by atoms with Crippen LogP contribution in [-0.4, -0.2) is 12.5 Å². The van der Waals surface area contributed by atoms with E-state index in [4.69, 9.17) is 6.42 Å². The van der Waals surface area contributed by atoms with Crippen molar-refractivity contribution in [3.8, 4) is 12.3 Å². The van der Waals surface area contributed by atoms with Crippen molar-refractivity contribution in [3.05, 3.63) is 12.7 Å². The zero-order chi connectivity index (χ0) is 7.82. The van der Waals surface area contributed by atoms with Crippen molar-refractivity contribution in [1.82, 2.24) is 5.32 Å². The Morgan fingerprint density at radius 2 is 2.50 bits per heavy atom. The molecule has 1 N–H and O–H groups in total. The third-order valence-corrected chi connectivity index (χ3v) is 0.963. The Balaban J connectivity index is 3.27. The van der Waals surface area contributed by atoms with Gasteiger partial charge in [-0.2, -0.15) is 0 Å². The van der Waals surface area contributed by atoms with Gasteiger partial charge in [0.1, 0.15) is 0 Å². The molecule has 0 aromatic carbocycles. The number of carbonyl (C=O) groups is 1. The first-order valence-electron chi connectivity index (χ1n) is 3.12. The minimum atomic E-state index is -0.0159. The first-order chi connectivity index (χ1) is 4.81. The summed E-state index contributed by atoms with van der Waals surface area (Å²) in [6.45, 7) is 3.81. The summed E-state index contributed by atoms with van der Waals surface area (Å²) in [7, 11) is 0. The molecule has 0 aromatic rings. The minimum absolute atomic E-state index is 0.0159. The van der Waals surface area contributed by atoms with E-state index < -0.39 is 0 Å². The lowest BCUT2D eigenvalue weighted by atomic mass is 10.3. The van der Waals surface area contributed by atoms with Crippen LogP contribution in [0.2, 0.25) is 0 Å². The first-order valence-corrected chi connectivity index (χ1v) is 3.12. The quantitative estimate of drug-likeness (QED) is 0.448. The van der Waals surface area contributed by atoms with Gasteiger partial charge in [0.2, 0.25) is 5.91 Å². The van der Waals surface area contributed by atoms with E-state index in [9.17, 15) is 4.79 Å². The second kappa shape index (κ2) is 5.90. The van der Waals surface area contributed by atoms with Crippen LogP contribution < -0.4 is 5.32 Å². The van der Waals surface area contributed by atoms with E-state index in [1.165, 1.54) is 0 Å². The highest BCUT2D eigenvalue weighted by molar-refractivity contribution is 5.76. The van der Waals surface area contributed by atoms with Gasteiger partial charge >= 0.3 is 0 Å². The summed E-state index contributed by atoms with van der Waals surface area (Å²) < 4.78 is 0. The van der Waals surface area contributed by atoms with Crippen molar-refractivity contribution in [2.75, 3.05) is 6.54 Å². The molecule has 0 saturated heterocycles. The highest BCUT2D eigenvalue weighted by Gasteiger charge is 1.94. The molecule has 0 rings (SSSR count). The molecule has 0 bridgehead atoms. The van der Waals surface area contributed by atoms with E-state index in [2.05, 4.69) is 17.8 Å². The highest BCUT2D eigenvalue weighted by Crippen LogP contribution is 1.87. The van der Waals surface area contributed by atoms with Gasteiger partial charge in [-0.05, 0) is 6.42 Å². The lowest BCUT2D eigenvalue weighted by Crippen LogP contribution is -2.22. The Kier molecular flexibility index (Phi) is 5.17. The minimum Gasteiger partial charge on any atom is -0.345 e. The predicted octanol–water partition coefficient (Wildman–Crippen LogP) is 0.702. The molecule has 0 aromatic heterocycles. The third kappa shape index (κ3) is 4.92. The van der Waals surface area contributed by atoms with Crippen LogP contribution in [0.15, 0.2) is 12.7 Å². The lowest BCUT2D eigenvalue weighted by molar-refractivity contribution is -0.120. The van der Waals surface area contributed by atoms with Crippen LogP contribution in [-0.2, 0) is 4.79 Å². The van der Waals surface area contributed by atoms with Crippen LogP contribution in [0.4, 0.5) is 0 Å². The van der Waals surface area contributed by atoms with Gasteiger partial charge in [0, 0.05) is 6.42 Å². The smallest absolute Gasteiger partial charge is 0.221 e. The summed E-state index contributed by atoms with van der Waals surface area (Å²) in [5, 5.41) is 2.54. The molecule has 10 heavy (non-hydrogen) atoms. The van der Waals surface area contributed by atoms with Crippen molar-refractivity contribution < 1.29 is 4.79 Å². The Morgan fingerprint density at radius 3 is 3.00 bits per heavy atom. The molecule has 2 nitrogen and oxygen atoms in total. The van der Waals surface area contributed by atoms with Gasteiger partial charge < -0.3 is 5.32 Å². The van der Waals surface area contributed by atoms with Crippen molar-refractivity contribution in [2.45, 2.75) is 12.8 Å². The van der Waals surface area contributed by atoms with Crippen LogP contribution in [0, 0.1) is 12.3 Å². The number of amides is 1. The molecule has 0 fully saturated rings. The molecule has 2 heteroatoms. The molecule has 0 aliphatic rings. The summed E-state index contributed by atoms with van der Waals surface area (Å²) in [5.41, 5.74) is 0. The summed E-state index contributed by atoms with van der Waals surface area (Å²) in [6, 6.07) is 0. The number of carbonyl (C=O) groups excluding carboxylic acids is 1. The Morgan fingerprint density at radius 1 is 1.80 bits per heavy atom. The SMILES string of the molecule is C#CCNC(=O)CCC=C. The molecule has 54 valence electrons. The molecule has 0 radical (unpaired) electrons. The molecule has 0 atom stereocenters. The van der Waals surface area contributed by atoms with Crippen LogP contribution in [0.25, 0.3) is 0 Å². The monoisotopic (exact) mass is 137 g/mol. The van der Waals surface area contributed by atoms with E-state index in [1.807, 2.05) is 0 Å². The summed E-state index contributed by atoms with van der Waals surface area (Å²) >= 11 is 0. The topological polar surface area (TPSA) is 29.1 Å². The maximum absolute atomic E-state index is 10.7. The normalized spacial score (nSPS) is 7.90. The Bertz CT molecular complexity index is 155. The fourth-order valence-electron chi connectivity index (χ4n) is 0.471. The van der Waals surface area contributed by atoms with Gasteiger partial charge in [0.25, 0.3) is 0 Å². The standard InChI is InChI=1S/C8H11NO/c1-3-5-6-8(10)9-7-4-2/h2-3H,1,5-7H2,(H,9,10). The lowest BCUT2D eigenvalue weighted by Gasteiger charge is -1.96. The van der Waals surface area contributed by atoms with Gasteiger partial charge in [-0.25, -0.2) is 0 Å². The molecule has 0 aliphatic heterocycles. The fourth-order valence-corrected chi connectivity index (χ4v) is 0.471. The highest BCUT2D eigenvalue weighted by atomic mass is 16.1. The van der Waals surface area contributed by atoms with Gasteiger partial charge in [-0.15, -0.1) is 13.0 Å². The average Bonchev–Trinajstić information content (AvgIpc) is 1.97. The van der Waals surface area contributed by atoms with Crippen molar-refractivity contribution in [2.24, 2.45) is 0 Å². The van der Waals surface area contributed by atoms with E-state index >= 15 is 0 Å². The molecular formula is C8H11NO. The maximum Gasteiger partial charge on any atom is 0.221 e. The Labute approximate surface area is 61.3 Å². The molecule has 1 amide bonds.